The van der Waals surface area contributed by atoms with Gasteiger partial charge < -0.3 is 9.88 Å². The molecule has 0 radical (unpaired) electrons. The highest BCUT2D eigenvalue weighted by atomic mass is 79.9. The standard InChI is InChI=1S/C13H16BrN3/c1-13(2,15-3)12-8-16-9-17(12)11-6-4-10(14)5-7-11/h4-9,15H,1-3H3. The number of halogens is 1. The predicted octanol–water partition coefficient (Wildman–Crippen LogP) is 3.09. The van der Waals surface area contributed by atoms with E-state index in [4.69, 9.17) is 0 Å². The van der Waals surface area contributed by atoms with E-state index in [-0.39, 0.29) is 5.54 Å². The van der Waals surface area contributed by atoms with Gasteiger partial charge in [0, 0.05) is 10.2 Å². The fraction of sp³-hybridized carbons (Fsp3) is 0.308. The van der Waals surface area contributed by atoms with Crippen molar-refractivity contribution >= 4 is 15.9 Å². The Labute approximate surface area is 110 Å². The van der Waals surface area contributed by atoms with Crippen molar-refractivity contribution in [2.45, 2.75) is 19.4 Å². The summed E-state index contributed by atoms with van der Waals surface area (Å²) >= 11 is 3.44. The predicted molar refractivity (Wildman–Crippen MR) is 73.3 cm³/mol. The zero-order valence-corrected chi connectivity index (χ0v) is 11.8. The maximum atomic E-state index is 4.25. The zero-order chi connectivity index (χ0) is 12.5. The molecule has 0 unspecified atom stereocenters. The minimum atomic E-state index is -0.108. The topological polar surface area (TPSA) is 29.9 Å². The van der Waals surface area contributed by atoms with Gasteiger partial charge in [-0.05, 0) is 45.2 Å². The van der Waals surface area contributed by atoms with Crippen molar-refractivity contribution in [2.24, 2.45) is 0 Å². The Morgan fingerprint density at radius 2 is 1.88 bits per heavy atom. The molecule has 1 N–H and O–H groups in total. The van der Waals surface area contributed by atoms with E-state index in [1.54, 1.807) is 0 Å². The van der Waals surface area contributed by atoms with E-state index in [1.165, 1.54) is 0 Å². The van der Waals surface area contributed by atoms with E-state index >= 15 is 0 Å². The lowest BCUT2D eigenvalue weighted by Gasteiger charge is -2.25. The Kier molecular flexibility index (Phi) is 3.35. The van der Waals surface area contributed by atoms with Crippen LogP contribution >= 0.6 is 15.9 Å². The molecule has 0 amide bonds. The van der Waals surface area contributed by atoms with E-state index in [0.29, 0.717) is 0 Å². The van der Waals surface area contributed by atoms with Crippen LogP contribution in [0.1, 0.15) is 19.5 Å². The van der Waals surface area contributed by atoms with Crippen LogP contribution in [0.25, 0.3) is 5.69 Å². The van der Waals surface area contributed by atoms with Crippen molar-refractivity contribution in [3.8, 4) is 5.69 Å². The highest BCUT2D eigenvalue weighted by Crippen LogP contribution is 2.23. The van der Waals surface area contributed by atoms with Crippen molar-refractivity contribution in [1.82, 2.24) is 14.9 Å². The molecule has 1 aromatic heterocycles. The number of nitrogens with one attached hydrogen (secondary N) is 1. The van der Waals surface area contributed by atoms with E-state index < -0.39 is 0 Å². The SMILES string of the molecule is CNC(C)(C)c1cncn1-c1ccc(Br)cc1. The summed E-state index contributed by atoms with van der Waals surface area (Å²) in [5, 5.41) is 3.30. The first-order chi connectivity index (χ1) is 8.04. The first-order valence-corrected chi connectivity index (χ1v) is 6.31. The second-order valence-corrected chi connectivity index (χ2v) is 5.42. The summed E-state index contributed by atoms with van der Waals surface area (Å²) in [6.07, 6.45) is 3.75. The van der Waals surface area contributed by atoms with Gasteiger partial charge in [0.15, 0.2) is 0 Å². The minimum absolute atomic E-state index is 0.108. The molecule has 0 aliphatic heterocycles. The van der Waals surface area contributed by atoms with E-state index in [9.17, 15) is 0 Å². The van der Waals surface area contributed by atoms with Crippen molar-refractivity contribution in [3.63, 3.8) is 0 Å². The van der Waals surface area contributed by atoms with Crippen LogP contribution in [0.5, 0.6) is 0 Å². The van der Waals surface area contributed by atoms with Gasteiger partial charge in [0.25, 0.3) is 0 Å². The number of aromatic nitrogens is 2. The molecule has 0 atom stereocenters. The Bertz CT molecular complexity index is 500. The molecule has 1 aromatic carbocycles. The van der Waals surface area contributed by atoms with E-state index in [2.05, 4.69) is 56.8 Å². The molecule has 0 spiro atoms. The number of hydrogen-bond donors (Lipinski definition) is 1. The summed E-state index contributed by atoms with van der Waals surface area (Å²) in [5.41, 5.74) is 2.15. The van der Waals surface area contributed by atoms with Crippen LogP contribution in [-0.2, 0) is 5.54 Å². The zero-order valence-electron chi connectivity index (χ0n) is 10.2. The van der Waals surface area contributed by atoms with E-state index in [1.807, 2.05) is 31.7 Å². The van der Waals surface area contributed by atoms with Crippen LogP contribution in [0, 0.1) is 0 Å². The quantitative estimate of drug-likeness (QED) is 0.942. The fourth-order valence-electron chi connectivity index (χ4n) is 1.69. The normalized spacial score (nSPS) is 11.8. The van der Waals surface area contributed by atoms with Gasteiger partial charge in [0.1, 0.15) is 0 Å². The smallest absolute Gasteiger partial charge is 0.0994 e. The van der Waals surface area contributed by atoms with Gasteiger partial charge in [-0.25, -0.2) is 4.98 Å². The largest absolute Gasteiger partial charge is 0.310 e. The van der Waals surface area contributed by atoms with Gasteiger partial charge in [-0.2, -0.15) is 0 Å². The molecule has 1 heterocycles. The number of rotatable bonds is 3. The number of hydrogen-bond acceptors (Lipinski definition) is 2. The molecule has 17 heavy (non-hydrogen) atoms. The minimum Gasteiger partial charge on any atom is -0.310 e. The summed E-state index contributed by atoms with van der Waals surface area (Å²) in [5.74, 6) is 0. The maximum absolute atomic E-state index is 4.25. The molecule has 0 saturated heterocycles. The van der Waals surface area contributed by atoms with Gasteiger partial charge >= 0.3 is 0 Å². The third kappa shape index (κ3) is 2.42. The highest BCUT2D eigenvalue weighted by molar-refractivity contribution is 9.10. The average molecular weight is 294 g/mol. The Hall–Kier alpha value is -1.13. The summed E-state index contributed by atoms with van der Waals surface area (Å²) in [6, 6.07) is 8.21. The lowest BCUT2D eigenvalue weighted by atomic mass is 10.0. The van der Waals surface area contributed by atoms with Crippen molar-refractivity contribution < 1.29 is 0 Å². The molecule has 0 bridgehead atoms. The van der Waals surface area contributed by atoms with Crippen molar-refractivity contribution in [2.75, 3.05) is 7.05 Å². The second kappa shape index (κ2) is 4.63. The summed E-state index contributed by atoms with van der Waals surface area (Å²) in [4.78, 5) is 4.25. The number of imidazole rings is 1. The molecular weight excluding hydrogens is 278 g/mol. The van der Waals surface area contributed by atoms with Crippen LogP contribution in [0.2, 0.25) is 0 Å². The third-order valence-electron chi connectivity index (χ3n) is 3.01. The highest BCUT2D eigenvalue weighted by Gasteiger charge is 2.22. The molecule has 0 fully saturated rings. The van der Waals surface area contributed by atoms with Crippen LogP contribution in [-0.4, -0.2) is 16.6 Å². The Morgan fingerprint density at radius 3 is 2.47 bits per heavy atom. The van der Waals surface area contributed by atoms with Gasteiger partial charge in [-0.3, -0.25) is 0 Å². The monoisotopic (exact) mass is 293 g/mol. The Morgan fingerprint density at radius 1 is 1.24 bits per heavy atom. The van der Waals surface area contributed by atoms with Gasteiger partial charge in [-0.1, -0.05) is 15.9 Å². The third-order valence-corrected chi connectivity index (χ3v) is 3.54. The van der Waals surface area contributed by atoms with Crippen LogP contribution in [0.15, 0.2) is 41.3 Å². The lowest BCUT2D eigenvalue weighted by molar-refractivity contribution is 0.425. The lowest BCUT2D eigenvalue weighted by Crippen LogP contribution is -2.35. The molecule has 0 aliphatic rings. The van der Waals surface area contributed by atoms with Crippen LogP contribution in [0.3, 0.4) is 0 Å². The first-order valence-electron chi connectivity index (χ1n) is 5.52. The van der Waals surface area contributed by atoms with Crippen molar-refractivity contribution in [3.05, 3.63) is 47.0 Å². The summed E-state index contributed by atoms with van der Waals surface area (Å²) in [7, 11) is 1.96. The van der Waals surface area contributed by atoms with Crippen LogP contribution in [0.4, 0.5) is 0 Å². The van der Waals surface area contributed by atoms with E-state index in [0.717, 1.165) is 15.9 Å². The van der Waals surface area contributed by atoms with Gasteiger partial charge in [0.2, 0.25) is 0 Å². The number of benzene rings is 1. The number of nitrogens with zero attached hydrogens (tertiary/aromatic N) is 2. The van der Waals surface area contributed by atoms with Gasteiger partial charge in [-0.15, -0.1) is 0 Å². The maximum Gasteiger partial charge on any atom is 0.0994 e. The molecule has 0 aliphatic carbocycles. The molecule has 4 heteroatoms. The molecule has 0 saturated carbocycles. The molecule has 90 valence electrons. The van der Waals surface area contributed by atoms with Gasteiger partial charge in [0.05, 0.1) is 23.8 Å². The molecule has 2 rings (SSSR count). The van der Waals surface area contributed by atoms with Crippen LogP contribution < -0.4 is 5.32 Å². The average Bonchev–Trinajstić information content (AvgIpc) is 2.80. The summed E-state index contributed by atoms with van der Waals surface area (Å²) in [6.45, 7) is 4.28. The Balaban J connectivity index is 2.47. The fourth-order valence-corrected chi connectivity index (χ4v) is 1.96. The summed E-state index contributed by atoms with van der Waals surface area (Å²) < 4.78 is 3.18. The molecule has 3 nitrogen and oxygen atoms in total. The first kappa shape index (κ1) is 12.3. The second-order valence-electron chi connectivity index (χ2n) is 4.50. The molecule has 2 aromatic rings. The van der Waals surface area contributed by atoms with Crippen molar-refractivity contribution in [1.29, 1.82) is 0 Å². The molecular formula is C13H16BrN3.